The van der Waals surface area contributed by atoms with E-state index >= 15 is 0 Å². The number of piperidine rings is 1. The maximum Gasteiger partial charge on any atom is 0.501 e. The number of nitrogens with zero attached hydrogens (tertiary/aromatic N) is 3. The van der Waals surface area contributed by atoms with Crippen LogP contribution >= 0.6 is 11.6 Å². The molecule has 0 aromatic heterocycles. The van der Waals surface area contributed by atoms with E-state index in [1.807, 2.05) is 35.1 Å². The summed E-state index contributed by atoms with van der Waals surface area (Å²) in [7, 11) is -11.0. The largest absolute Gasteiger partial charge is 0.501 e. The molecule has 5 aromatic rings. The average molecular weight is 1020 g/mol. The van der Waals surface area contributed by atoms with Gasteiger partial charge < -0.3 is 29.3 Å². The van der Waals surface area contributed by atoms with Gasteiger partial charge in [-0.2, -0.15) is 13.2 Å². The van der Waals surface area contributed by atoms with Crippen LogP contribution in [-0.4, -0.2) is 110 Å². The summed E-state index contributed by atoms with van der Waals surface area (Å²) in [5, 5.41) is 3.42. The zero-order chi connectivity index (χ0) is 49.3. The molecule has 0 spiro atoms. The third-order valence-corrected chi connectivity index (χ3v) is 16.0. The Morgan fingerprint density at radius 3 is 2.21 bits per heavy atom. The first-order valence-electron chi connectivity index (χ1n) is 23.6. The topological polar surface area (TPSA) is 147 Å². The van der Waals surface area contributed by atoms with Crippen LogP contribution in [0, 0.1) is 5.92 Å². The summed E-state index contributed by atoms with van der Waals surface area (Å²) in [6.45, 7) is 8.24. The minimum atomic E-state index is -6.03. The molecule has 0 bridgehead atoms. The molecule has 0 aliphatic carbocycles. The summed E-state index contributed by atoms with van der Waals surface area (Å²) in [6.07, 6.45) is 5.98. The van der Waals surface area contributed by atoms with E-state index < -0.39 is 46.8 Å². The quantitative estimate of drug-likeness (QED) is 0.0806. The molecule has 3 heterocycles. The highest BCUT2D eigenvalue weighted by Gasteiger charge is 2.48. The predicted molar refractivity (Wildman–Crippen MR) is 264 cm³/mol. The van der Waals surface area contributed by atoms with E-state index in [0.717, 1.165) is 60.6 Å². The van der Waals surface area contributed by atoms with Gasteiger partial charge in [0, 0.05) is 75.8 Å². The highest BCUT2D eigenvalue weighted by atomic mass is 35.5. The van der Waals surface area contributed by atoms with Crippen molar-refractivity contribution in [3.8, 4) is 28.4 Å². The minimum Gasteiger partial charge on any atom is -0.494 e. The second kappa shape index (κ2) is 22.8. The second-order valence-corrected chi connectivity index (χ2v) is 21.8. The molecule has 19 heteroatoms. The van der Waals surface area contributed by atoms with Crippen molar-refractivity contribution in [1.29, 1.82) is 0 Å². The number of likely N-dealkylation sites (tertiary alicyclic amines) is 1. The van der Waals surface area contributed by atoms with Crippen LogP contribution in [0.5, 0.6) is 17.2 Å². The molecule has 0 unspecified atom stereocenters. The number of carbonyl (C=O) groups excluding carboxylic acids is 1. The smallest absolute Gasteiger partial charge is 0.494 e. The van der Waals surface area contributed by atoms with Crippen LogP contribution in [0.1, 0.15) is 54.4 Å². The Morgan fingerprint density at radius 1 is 0.771 bits per heavy atom. The maximum atomic E-state index is 14.0. The van der Waals surface area contributed by atoms with E-state index in [-0.39, 0.29) is 23.8 Å². The highest BCUT2D eigenvalue weighted by molar-refractivity contribution is 7.92. The van der Waals surface area contributed by atoms with Gasteiger partial charge >= 0.3 is 5.51 Å². The fourth-order valence-corrected chi connectivity index (χ4v) is 11.1. The van der Waals surface area contributed by atoms with Gasteiger partial charge in [-0.15, -0.1) is 0 Å². The predicted octanol–water partition coefficient (Wildman–Crippen LogP) is 9.63. The zero-order valence-corrected chi connectivity index (χ0v) is 41.0. The number of benzene rings is 5. The van der Waals surface area contributed by atoms with Crippen LogP contribution in [0.3, 0.4) is 0 Å². The van der Waals surface area contributed by atoms with Crippen molar-refractivity contribution in [1.82, 2.24) is 14.5 Å². The average Bonchev–Trinajstić information content (AvgIpc) is 3.35. The lowest BCUT2D eigenvalue weighted by Crippen LogP contribution is -2.46. The van der Waals surface area contributed by atoms with Crippen molar-refractivity contribution in [3.05, 3.63) is 125 Å². The molecule has 3 aliphatic rings. The van der Waals surface area contributed by atoms with E-state index in [1.54, 1.807) is 42.5 Å². The summed E-state index contributed by atoms with van der Waals surface area (Å²) in [4.78, 5) is 18.8. The summed E-state index contributed by atoms with van der Waals surface area (Å²) in [5.74, 6) is 0.0471. The van der Waals surface area contributed by atoms with Crippen LogP contribution in [0.25, 0.3) is 11.1 Å². The number of sulfonamides is 1. The number of halogens is 4. The lowest BCUT2D eigenvalue weighted by atomic mass is 9.98. The van der Waals surface area contributed by atoms with E-state index in [4.69, 9.17) is 25.8 Å². The zero-order valence-electron chi connectivity index (χ0n) is 38.6. The van der Waals surface area contributed by atoms with Crippen LogP contribution in [0.2, 0.25) is 5.02 Å². The van der Waals surface area contributed by atoms with Gasteiger partial charge in [0.1, 0.15) is 22.1 Å². The number of alkyl halides is 3. The molecular formula is C51H57ClF3N5O8S2. The number of piperazine rings is 1. The molecule has 0 radical (unpaired) electrons. The molecule has 0 saturated carbocycles. The molecule has 1 amide bonds. The van der Waals surface area contributed by atoms with Crippen molar-refractivity contribution in [2.24, 2.45) is 5.92 Å². The number of hydrogen-bond acceptors (Lipinski definition) is 12. The number of nitrogens with one attached hydrogen (secondary N) is 2. The van der Waals surface area contributed by atoms with Gasteiger partial charge in [0.25, 0.3) is 25.8 Å². The molecule has 374 valence electrons. The SMILES string of the molecule is O=C(NS(=O)(=O)c1ccc(NCC2CCOCC2)c(S(=O)(=O)C(F)(F)F)c1)c1ccc(N2CCN(Cc3cc(OCCCN4CCCCC4)ccc3-c3ccc(Cl)cc3)CC2)cc1Oc1ccccc1. The minimum absolute atomic E-state index is 0.00552. The number of para-hydroxylation sites is 1. The van der Waals surface area contributed by atoms with Crippen molar-refractivity contribution >= 4 is 48.7 Å². The fraction of sp³-hybridized carbons (Fsp3) is 0.392. The first-order valence-corrected chi connectivity index (χ1v) is 26.9. The molecule has 3 aliphatic heterocycles. The molecule has 3 saturated heterocycles. The Labute approximate surface area is 412 Å². The first kappa shape index (κ1) is 51.0. The molecule has 0 atom stereocenters. The summed E-state index contributed by atoms with van der Waals surface area (Å²) in [5.41, 5.74) is -2.39. The number of hydrogen-bond donors (Lipinski definition) is 2. The van der Waals surface area contributed by atoms with Crippen molar-refractivity contribution in [2.45, 2.75) is 60.4 Å². The van der Waals surface area contributed by atoms with E-state index in [2.05, 4.69) is 32.1 Å². The molecule has 5 aromatic carbocycles. The fourth-order valence-electron chi connectivity index (χ4n) is 8.97. The van der Waals surface area contributed by atoms with Crippen LogP contribution in [-0.2, 0) is 31.1 Å². The monoisotopic (exact) mass is 1020 g/mol. The van der Waals surface area contributed by atoms with Gasteiger partial charge in [-0.25, -0.2) is 21.6 Å². The Bertz CT molecular complexity index is 2800. The summed E-state index contributed by atoms with van der Waals surface area (Å²) < 4.78 is 115. The van der Waals surface area contributed by atoms with Crippen LogP contribution < -0.4 is 24.4 Å². The maximum absolute atomic E-state index is 14.0. The lowest BCUT2D eigenvalue weighted by molar-refractivity contribution is -0.0435. The standard InChI is InChI=1S/C51H57ClF3N5O8S2/c52-40-12-10-38(11-13-40)45-18-15-43(67-29-7-24-58-22-5-2-6-23-58)32-39(45)36-59-25-27-60(28-26-59)41-14-17-46(48(33-41)68-42-8-3-1-4-9-42)50(61)57-70(64,65)44-16-19-47(56-35-37-20-30-66-31-21-37)49(34-44)69(62,63)51(53,54)55/h1,3-4,8-19,32-34,37,56H,2,5-7,20-31,35-36H2,(H,57,61). The van der Waals surface area contributed by atoms with Gasteiger partial charge in [0.15, 0.2) is 0 Å². The van der Waals surface area contributed by atoms with E-state index in [0.29, 0.717) is 87.9 Å². The Hall–Kier alpha value is -5.37. The van der Waals surface area contributed by atoms with Gasteiger partial charge in [-0.05, 0) is 135 Å². The first-order chi connectivity index (χ1) is 33.6. The van der Waals surface area contributed by atoms with Gasteiger partial charge in [-0.3, -0.25) is 9.69 Å². The van der Waals surface area contributed by atoms with Gasteiger partial charge in [0.05, 0.1) is 22.8 Å². The van der Waals surface area contributed by atoms with Crippen LogP contribution in [0.4, 0.5) is 24.5 Å². The second-order valence-electron chi connectivity index (χ2n) is 17.8. The highest BCUT2D eigenvalue weighted by Crippen LogP contribution is 2.37. The molecule has 70 heavy (non-hydrogen) atoms. The molecular weight excluding hydrogens is 967 g/mol. The third-order valence-electron chi connectivity index (χ3n) is 12.9. The van der Waals surface area contributed by atoms with Crippen molar-refractivity contribution in [3.63, 3.8) is 0 Å². The number of anilines is 2. The number of carbonyl (C=O) groups is 1. The number of amides is 1. The summed E-state index contributed by atoms with van der Waals surface area (Å²) in [6, 6.07) is 29.7. The van der Waals surface area contributed by atoms with Crippen LogP contribution in [0.15, 0.2) is 119 Å². The van der Waals surface area contributed by atoms with Crippen molar-refractivity contribution in [2.75, 3.05) is 82.4 Å². The third kappa shape index (κ3) is 12.9. The Kier molecular flexibility index (Phi) is 16.6. The number of sulfone groups is 1. The van der Waals surface area contributed by atoms with E-state index in [9.17, 15) is 34.8 Å². The molecule has 13 nitrogen and oxygen atoms in total. The molecule has 2 N–H and O–H groups in total. The van der Waals surface area contributed by atoms with E-state index in [1.165, 1.54) is 25.3 Å². The number of rotatable bonds is 18. The van der Waals surface area contributed by atoms with Gasteiger partial charge in [0.2, 0.25) is 0 Å². The Balaban J connectivity index is 0.975. The normalized spacial score (nSPS) is 16.7. The molecule has 8 rings (SSSR count). The molecule has 3 fully saturated rings. The Morgan fingerprint density at radius 2 is 1.50 bits per heavy atom. The number of ether oxygens (including phenoxy) is 3. The summed E-state index contributed by atoms with van der Waals surface area (Å²) >= 11 is 6.25. The van der Waals surface area contributed by atoms with Gasteiger partial charge in [-0.1, -0.05) is 54.4 Å². The lowest BCUT2D eigenvalue weighted by Gasteiger charge is -2.36. The van der Waals surface area contributed by atoms with Crippen molar-refractivity contribution < 1.29 is 49.0 Å².